The zero-order valence-electron chi connectivity index (χ0n) is 19.0. The van der Waals surface area contributed by atoms with Crippen LogP contribution in [0.3, 0.4) is 0 Å². The van der Waals surface area contributed by atoms with Crippen LogP contribution in [0.25, 0.3) is 11.0 Å². The molecule has 1 aromatic heterocycles. The summed E-state index contributed by atoms with van der Waals surface area (Å²) in [5, 5.41) is 5.98. The molecule has 0 spiro atoms. The first-order valence-electron chi connectivity index (χ1n) is 11.2. The number of rotatable bonds is 6. The second kappa shape index (κ2) is 8.51. The van der Waals surface area contributed by atoms with Gasteiger partial charge in [-0.2, -0.15) is 4.31 Å². The molecule has 1 unspecified atom stereocenters. The van der Waals surface area contributed by atoms with E-state index in [-0.39, 0.29) is 16.3 Å². The highest BCUT2D eigenvalue weighted by Gasteiger charge is 2.51. The number of nitrogens with one attached hydrogen (secondary N) is 2. The van der Waals surface area contributed by atoms with Gasteiger partial charge in [0.25, 0.3) is 5.91 Å². The maximum atomic E-state index is 13.2. The predicted molar refractivity (Wildman–Crippen MR) is 127 cm³/mol. The van der Waals surface area contributed by atoms with E-state index in [2.05, 4.69) is 10.6 Å². The number of urea groups is 1. The van der Waals surface area contributed by atoms with Crippen molar-refractivity contribution < 1.29 is 27.2 Å². The summed E-state index contributed by atoms with van der Waals surface area (Å²) in [5.41, 5.74) is -0.631. The Morgan fingerprint density at radius 2 is 1.83 bits per heavy atom. The molecule has 3 aromatic rings. The molecule has 2 aliphatic heterocycles. The normalized spacial score (nSPS) is 21.0. The van der Waals surface area contributed by atoms with Crippen LogP contribution >= 0.6 is 0 Å². The number of hydrogen-bond acceptors (Lipinski definition) is 6. The van der Waals surface area contributed by atoms with Gasteiger partial charge >= 0.3 is 6.03 Å². The minimum atomic E-state index is -3.65. The number of carbonyl (C=O) groups is 3. The second-order valence-corrected chi connectivity index (χ2v) is 10.7. The molecule has 182 valence electrons. The maximum absolute atomic E-state index is 13.2. The van der Waals surface area contributed by atoms with Crippen molar-refractivity contribution >= 4 is 44.5 Å². The van der Waals surface area contributed by atoms with Gasteiger partial charge in [-0.15, -0.1) is 0 Å². The van der Waals surface area contributed by atoms with E-state index in [9.17, 15) is 22.8 Å². The highest BCUT2D eigenvalue weighted by molar-refractivity contribution is 7.89. The molecule has 2 aliphatic rings. The average molecular weight is 497 g/mol. The minimum absolute atomic E-state index is 0.0738. The van der Waals surface area contributed by atoms with Gasteiger partial charge in [0.15, 0.2) is 5.54 Å². The molecule has 0 radical (unpaired) electrons. The number of para-hydroxylation sites is 1. The van der Waals surface area contributed by atoms with Crippen molar-refractivity contribution in [3.63, 3.8) is 0 Å². The number of carbonyl (C=O) groups excluding carboxylic acids is 3. The molecule has 5 rings (SSSR count). The average Bonchev–Trinajstić information content (AvgIpc) is 3.56. The molecule has 35 heavy (non-hydrogen) atoms. The van der Waals surface area contributed by atoms with Gasteiger partial charge in [-0.25, -0.2) is 13.2 Å². The number of fused-ring (bicyclic) bond motifs is 1. The second-order valence-electron chi connectivity index (χ2n) is 8.78. The van der Waals surface area contributed by atoms with E-state index in [0.29, 0.717) is 18.7 Å². The van der Waals surface area contributed by atoms with E-state index in [0.717, 1.165) is 23.1 Å². The fraction of sp³-hybridized carbons (Fsp3) is 0.292. The number of sulfonamides is 1. The van der Waals surface area contributed by atoms with Crippen LogP contribution in [0.4, 0.5) is 10.5 Å². The standard InChI is InChI=1S/C24H24N4O6S/c1-24(20-13-16-7-2-3-10-19(16)34-20)22(30)28(23(31)26-24)15-21(29)25-17-8-6-9-18(14-17)35(32,33)27-11-4-5-12-27/h2-3,6-10,13-14H,4-5,11-12,15H2,1H3,(H,25,29)(H,26,31). The minimum Gasteiger partial charge on any atom is -0.458 e. The van der Waals surface area contributed by atoms with E-state index in [1.807, 2.05) is 12.1 Å². The van der Waals surface area contributed by atoms with Crippen LogP contribution in [0.2, 0.25) is 0 Å². The van der Waals surface area contributed by atoms with Crippen molar-refractivity contribution in [2.75, 3.05) is 25.0 Å². The lowest BCUT2D eigenvalue weighted by molar-refractivity contribution is -0.134. The van der Waals surface area contributed by atoms with Crippen molar-refractivity contribution in [1.29, 1.82) is 0 Å². The molecule has 3 heterocycles. The monoisotopic (exact) mass is 496 g/mol. The molecule has 0 saturated carbocycles. The highest BCUT2D eigenvalue weighted by atomic mass is 32.2. The summed E-state index contributed by atoms with van der Waals surface area (Å²) in [6.45, 7) is 1.92. The molecule has 11 heteroatoms. The Hall–Kier alpha value is -3.70. The van der Waals surface area contributed by atoms with E-state index in [4.69, 9.17) is 4.42 Å². The van der Waals surface area contributed by atoms with Crippen LogP contribution < -0.4 is 10.6 Å². The first-order chi connectivity index (χ1) is 16.7. The summed E-state index contributed by atoms with van der Waals surface area (Å²) < 4.78 is 32.8. The fourth-order valence-corrected chi connectivity index (χ4v) is 5.96. The van der Waals surface area contributed by atoms with Gasteiger partial charge in [-0.05, 0) is 50.1 Å². The van der Waals surface area contributed by atoms with Crippen LogP contribution in [-0.4, -0.2) is 55.1 Å². The number of nitrogens with zero attached hydrogens (tertiary/aromatic N) is 2. The summed E-state index contributed by atoms with van der Waals surface area (Å²) >= 11 is 0. The molecule has 2 fully saturated rings. The lowest BCUT2D eigenvalue weighted by Gasteiger charge is -2.19. The third-order valence-corrected chi connectivity index (χ3v) is 8.21. The summed E-state index contributed by atoms with van der Waals surface area (Å²) in [6, 6.07) is 14.1. The molecule has 2 saturated heterocycles. The summed E-state index contributed by atoms with van der Waals surface area (Å²) in [6.07, 6.45) is 1.63. The zero-order valence-corrected chi connectivity index (χ0v) is 19.8. The topological polar surface area (TPSA) is 129 Å². The van der Waals surface area contributed by atoms with E-state index in [1.165, 1.54) is 29.4 Å². The number of amides is 4. The molecule has 2 N–H and O–H groups in total. The Morgan fingerprint density at radius 3 is 2.57 bits per heavy atom. The van der Waals surface area contributed by atoms with Crippen molar-refractivity contribution in [3.05, 3.63) is 60.4 Å². The fourth-order valence-electron chi connectivity index (χ4n) is 4.39. The molecule has 1 atom stereocenters. The van der Waals surface area contributed by atoms with Crippen molar-refractivity contribution in [2.24, 2.45) is 0 Å². The van der Waals surface area contributed by atoms with Gasteiger partial charge in [0.05, 0.1) is 4.90 Å². The Labute approximate surface area is 201 Å². The maximum Gasteiger partial charge on any atom is 0.325 e. The third kappa shape index (κ3) is 4.06. The molecule has 0 bridgehead atoms. The number of furan rings is 1. The number of hydrogen-bond donors (Lipinski definition) is 2. The SMILES string of the molecule is CC1(c2cc3ccccc3o2)NC(=O)N(CC(=O)Nc2cccc(S(=O)(=O)N3CCCC3)c2)C1=O. The molecule has 4 amide bonds. The smallest absolute Gasteiger partial charge is 0.325 e. The first-order valence-corrected chi connectivity index (χ1v) is 12.7. The van der Waals surface area contributed by atoms with Crippen LogP contribution in [-0.2, 0) is 25.2 Å². The van der Waals surface area contributed by atoms with Crippen molar-refractivity contribution in [3.8, 4) is 0 Å². The molecule has 2 aromatic carbocycles. The van der Waals surface area contributed by atoms with Crippen LogP contribution in [0.5, 0.6) is 0 Å². The van der Waals surface area contributed by atoms with Gasteiger partial charge in [-0.1, -0.05) is 24.3 Å². The number of anilines is 1. The van der Waals surface area contributed by atoms with Crippen LogP contribution in [0, 0.1) is 0 Å². The first kappa shape index (κ1) is 23.1. The van der Waals surface area contributed by atoms with Gasteiger partial charge in [0.1, 0.15) is 17.9 Å². The van der Waals surface area contributed by atoms with Gasteiger partial charge < -0.3 is 15.1 Å². The van der Waals surface area contributed by atoms with Crippen molar-refractivity contribution in [1.82, 2.24) is 14.5 Å². The lowest BCUT2D eigenvalue weighted by Crippen LogP contribution is -2.41. The van der Waals surface area contributed by atoms with Crippen molar-refractivity contribution in [2.45, 2.75) is 30.2 Å². The Bertz CT molecular complexity index is 1410. The largest absolute Gasteiger partial charge is 0.458 e. The molecule has 10 nitrogen and oxygen atoms in total. The molecular formula is C24H24N4O6S. The number of benzene rings is 2. The van der Waals surface area contributed by atoms with E-state index in [1.54, 1.807) is 24.3 Å². The highest BCUT2D eigenvalue weighted by Crippen LogP contribution is 2.33. The van der Waals surface area contributed by atoms with Crippen LogP contribution in [0.1, 0.15) is 25.5 Å². The summed E-state index contributed by atoms with van der Waals surface area (Å²) in [5.74, 6) is -1.00. The van der Waals surface area contributed by atoms with Gasteiger partial charge in [0.2, 0.25) is 15.9 Å². The van der Waals surface area contributed by atoms with E-state index < -0.39 is 40.0 Å². The Morgan fingerprint density at radius 1 is 1.09 bits per heavy atom. The molecular weight excluding hydrogens is 472 g/mol. The lowest BCUT2D eigenvalue weighted by atomic mass is 9.99. The molecule has 0 aliphatic carbocycles. The van der Waals surface area contributed by atoms with Crippen LogP contribution in [0.15, 0.2) is 63.9 Å². The summed E-state index contributed by atoms with van der Waals surface area (Å²) in [7, 11) is -3.65. The van der Waals surface area contributed by atoms with E-state index >= 15 is 0 Å². The third-order valence-electron chi connectivity index (χ3n) is 6.32. The number of imide groups is 1. The van der Waals surface area contributed by atoms with Gasteiger partial charge in [0, 0.05) is 24.2 Å². The summed E-state index contributed by atoms with van der Waals surface area (Å²) in [4.78, 5) is 39.3. The quantitative estimate of drug-likeness (QED) is 0.505. The van der Waals surface area contributed by atoms with Gasteiger partial charge in [-0.3, -0.25) is 14.5 Å². The Kier molecular flexibility index (Phi) is 5.60. The Balaban J connectivity index is 1.30. The zero-order chi connectivity index (χ0) is 24.8. The predicted octanol–water partition coefficient (Wildman–Crippen LogP) is 2.62.